The molecule has 1 saturated heterocycles. The van der Waals surface area contributed by atoms with Crippen LogP contribution < -0.4 is 10.2 Å². The van der Waals surface area contributed by atoms with E-state index in [0.29, 0.717) is 13.0 Å². The van der Waals surface area contributed by atoms with Gasteiger partial charge in [0, 0.05) is 31.7 Å². The maximum absolute atomic E-state index is 15.3. The molecule has 3 aromatic rings. The quantitative estimate of drug-likeness (QED) is 0.157. The Hall–Kier alpha value is -3.77. The van der Waals surface area contributed by atoms with Crippen LogP contribution in [0.5, 0.6) is 5.75 Å². The van der Waals surface area contributed by atoms with E-state index in [2.05, 4.69) is 33.9 Å². The summed E-state index contributed by atoms with van der Waals surface area (Å²) in [4.78, 5) is 41.0. The number of amides is 1. The average Bonchev–Trinajstić information content (AvgIpc) is 3.75. The smallest absolute Gasteiger partial charge is 0.410 e. The van der Waals surface area contributed by atoms with Crippen molar-refractivity contribution in [3.05, 3.63) is 75.6 Å². The second-order valence-corrected chi connectivity index (χ2v) is 18.6. The molecule has 2 fully saturated rings. The van der Waals surface area contributed by atoms with Crippen molar-refractivity contribution in [3.63, 3.8) is 0 Å². The molecule has 5 rings (SSSR count). The van der Waals surface area contributed by atoms with Crippen molar-refractivity contribution in [1.82, 2.24) is 9.47 Å². The van der Waals surface area contributed by atoms with Crippen molar-refractivity contribution in [2.75, 3.05) is 13.2 Å². The van der Waals surface area contributed by atoms with E-state index in [-0.39, 0.29) is 65.9 Å². The summed E-state index contributed by atoms with van der Waals surface area (Å²) >= 11 is 0. The second-order valence-electron chi connectivity index (χ2n) is 13.9. The van der Waals surface area contributed by atoms with Gasteiger partial charge in [0.1, 0.15) is 18.3 Å². The molecule has 2 heterocycles. The first-order chi connectivity index (χ1) is 22.2. The number of ether oxygens (including phenoxy) is 3. The molecule has 2 aliphatic rings. The third-order valence-corrected chi connectivity index (χ3v) is 13.9. The van der Waals surface area contributed by atoms with Crippen LogP contribution in [0.3, 0.4) is 0 Å². The zero-order valence-corrected chi connectivity index (χ0v) is 28.9. The molecule has 0 spiro atoms. The molecule has 0 unspecified atom stereocenters. The van der Waals surface area contributed by atoms with E-state index in [9.17, 15) is 18.8 Å². The van der Waals surface area contributed by atoms with Crippen LogP contribution in [0.2, 0.25) is 18.1 Å². The highest BCUT2D eigenvalue weighted by molar-refractivity contribution is 6.74. The Kier molecular flexibility index (Phi) is 10.1. The van der Waals surface area contributed by atoms with Crippen LogP contribution in [0, 0.1) is 11.6 Å². The standard InChI is InChI=1S/C35H44F2N2O7Si/c1-7-38-20-27(33(41)45-24-13-14-24)31(40)26-18-28(36)29(37)32(30(26)38)43-16-15-23-17-25(46-47(5,6)35(2,3)4)19-39(23)34(42)44-21-22-11-9-8-10-12-22/h8-12,18,20,23-25H,7,13-17,19,21H2,1-6H3/t23-,25+/m0/s1. The molecule has 2 aromatic carbocycles. The predicted octanol–water partition coefficient (Wildman–Crippen LogP) is 7.19. The summed E-state index contributed by atoms with van der Waals surface area (Å²) in [5.74, 6) is -3.72. The lowest BCUT2D eigenvalue weighted by Crippen LogP contribution is -2.44. The number of carbonyl (C=O) groups excluding carboxylic acids is 2. The summed E-state index contributed by atoms with van der Waals surface area (Å²) in [6.07, 6.45) is 2.62. The number of nitrogens with zero attached hydrogens (tertiary/aromatic N) is 2. The molecule has 9 nitrogen and oxygen atoms in total. The number of benzene rings is 2. The first-order valence-electron chi connectivity index (χ1n) is 16.2. The van der Waals surface area contributed by atoms with Crippen LogP contribution in [0.4, 0.5) is 13.6 Å². The van der Waals surface area contributed by atoms with Gasteiger partial charge in [-0.25, -0.2) is 14.0 Å². The molecule has 1 aliphatic carbocycles. The fourth-order valence-electron chi connectivity index (χ4n) is 5.55. The molecule has 1 amide bonds. The number of hydrogen-bond donors (Lipinski definition) is 0. The van der Waals surface area contributed by atoms with Crippen LogP contribution >= 0.6 is 0 Å². The van der Waals surface area contributed by atoms with Gasteiger partial charge in [-0.15, -0.1) is 0 Å². The largest absolute Gasteiger partial charge is 0.488 e. The Labute approximate surface area is 274 Å². The summed E-state index contributed by atoms with van der Waals surface area (Å²) in [5, 5.41) is -0.215. The van der Waals surface area contributed by atoms with E-state index in [1.165, 1.54) is 10.8 Å². The molecule has 2 atom stereocenters. The van der Waals surface area contributed by atoms with Crippen molar-refractivity contribution in [2.45, 2.75) is 103 Å². The molecule has 0 bridgehead atoms. The van der Waals surface area contributed by atoms with Gasteiger partial charge < -0.3 is 28.1 Å². The Bertz CT molecular complexity index is 1690. The van der Waals surface area contributed by atoms with Gasteiger partial charge in [0.05, 0.1) is 23.6 Å². The lowest BCUT2D eigenvalue weighted by Gasteiger charge is -2.38. The van der Waals surface area contributed by atoms with Gasteiger partial charge in [0.25, 0.3) is 0 Å². The maximum atomic E-state index is 15.3. The van der Waals surface area contributed by atoms with Gasteiger partial charge in [0.15, 0.2) is 19.9 Å². The van der Waals surface area contributed by atoms with Crippen molar-refractivity contribution in [2.24, 2.45) is 0 Å². The number of carbonyl (C=O) groups is 2. The summed E-state index contributed by atoms with van der Waals surface area (Å²) < 4.78 is 55.3. The minimum Gasteiger partial charge on any atom is -0.488 e. The number of rotatable bonds is 11. The Balaban J connectivity index is 1.37. The lowest BCUT2D eigenvalue weighted by atomic mass is 10.1. The van der Waals surface area contributed by atoms with Gasteiger partial charge in [-0.3, -0.25) is 4.79 Å². The van der Waals surface area contributed by atoms with Crippen LogP contribution in [0.15, 0.2) is 47.4 Å². The molecular formula is C35H44F2N2O7Si. The molecular weight excluding hydrogens is 626 g/mol. The zero-order valence-electron chi connectivity index (χ0n) is 27.9. The number of likely N-dealkylation sites (tertiary alicyclic amines) is 1. The molecule has 1 aliphatic heterocycles. The van der Waals surface area contributed by atoms with Crippen molar-refractivity contribution >= 4 is 31.3 Å². The van der Waals surface area contributed by atoms with E-state index < -0.39 is 43.2 Å². The van der Waals surface area contributed by atoms with Gasteiger partial charge in [-0.05, 0) is 55.9 Å². The first-order valence-corrected chi connectivity index (χ1v) is 19.1. The number of aryl methyl sites for hydroxylation is 1. The van der Waals surface area contributed by atoms with Crippen molar-refractivity contribution < 1.29 is 37.0 Å². The highest BCUT2D eigenvalue weighted by Crippen LogP contribution is 2.39. The van der Waals surface area contributed by atoms with E-state index >= 15 is 4.39 Å². The van der Waals surface area contributed by atoms with Gasteiger partial charge in [-0.2, -0.15) is 4.39 Å². The van der Waals surface area contributed by atoms with E-state index in [1.54, 1.807) is 11.8 Å². The van der Waals surface area contributed by atoms with Crippen LogP contribution in [0.25, 0.3) is 10.9 Å². The maximum Gasteiger partial charge on any atom is 0.410 e. The topological polar surface area (TPSA) is 96.3 Å². The fourth-order valence-corrected chi connectivity index (χ4v) is 6.91. The molecule has 1 aromatic heterocycles. The number of esters is 1. The van der Waals surface area contributed by atoms with Gasteiger partial charge in [0.2, 0.25) is 11.2 Å². The number of hydrogen-bond acceptors (Lipinski definition) is 7. The molecule has 0 N–H and O–H groups in total. The minimum atomic E-state index is -2.16. The Morgan fingerprint density at radius 3 is 2.40 bits per heavy atom. The average molecular weight is 671 g/mol. The first kappa shape index (κ1) is 34.6. The molecule has 12 heteroatoms. The fraction of sp³-hybridized carbons (Fsp3) is 0.514. The van der Waals surface area contributed by atoms with E-state index in [0.717, 1.165) is 24.5 Å². The van der Waals surface area contributed by atoms with E-state index in [1.807, 2.05) is 30.3 Å². The summed E-state index contributed by atoms with van der Waals surface area (Å²) in [6.45, 7) is 13.1. The van der Waals surface area contributed by atoms with Crippen molar-refractivity contribution in [1.29, 1.82) is 0 Å². The lowest BCUT2D eigenvalue weighted by molar-refractivity contribution is 0.0470. The third kappa shape index (κ3) is 7.70. The SMILES string of the molecule is CCn1cc(C(=O)OC2CC2)c(=O)c2cc(F)c(F)c(OCC[C@H]3C[C@@H](O[Si](C)(C)C(C)(C)C)CN3C(=O)OCc3ccccc3)c21. The number of aromatic nitrogens is 1. The summed E-state index contributed by atoms with van der Waals surface area (Å²) in [7, 11) is -2.16. The van der Waals surface area contributed by atoms with Crippen LogP contribution in [-0.2, 0) is 27.1 Å². The number of fused-ring (bicyclic) bond motifs is 1. The zero-order chi connectivity index (χ0) is 34.1. The van der Waals surface area contributed by atoms with Crippen LogP contribution in [0.1, 0.15) is 69.3 Å². The van der Waals surface area contributed by atoms with E-state index in [4.69, 9.17) is 18.6 Å². The number of halogens is 2. The molecule has 254 valence electrons. The third-order valence-electron chi connectivity index (χ3n) is 9.35. The highest BCUT2D eigenvalue weighted by atomic mass is 28.4. The van der Waals surface area contributed by atoms with Crippen LogP contribution in [-0.4, -0.2) is 61.2 Å². The second kappa shape index (κ2) is 13.8. The highest BCUT2D eigenvalue weighted by Gasteiger charge is 2.44. The van der Waals surface area contributed by atoms with Crippen molar-refractivity contribution in [3.8, 4) is 5.75 Å². The normalized spacial score (nSPS) is 18.4. The molecule has 47 heavy (non-hydrogen) atoms. The van der Waals surface area contributed by atoms with Gasteiger partial charge >= 0.3 is 12.1 Å². The number of pyridine rings is 1. The van der Waals surface area contributed by atoms with Gasteiger partial charge in [-0.1, -0.05) is 51.1 Å². The Morgan fingerprint density at radius 1 is 1.06 bits per heavy atom. The predicted molar refractivity (Wildman–Crippen MR) is 176 cm³/mol. The monoisotopic (exact) mass is 670 g/mol. The molecule has 0 radical (unpaired) electrons. The molecule has 1 saturated carbocycles. The summed E-state index contributed by atoms with van der Waals surface area (Å²) in [5.41, 5.74) is -0.100. The minimum absolute atomic E-state index is 0.0353. The Morgan fingerprint density at radius 2 is 1.77 bits per heavy atom. The summed E-state index contributed by atoms with van der Waals surface area (Å²) in [6, 6.07) is 9.82.